The van der Waals surface area contributed by atoms with Crippen LogP contribution in [-0.4, -0.2) is 7.11 Å². The smallest absolute Gasteiger partial charge is 0.164 e. The second-order valence-corrected chi connectivity index (χ2v) is 4.35. The summed E-state index contributed by atoms with van der Waals surface area (Å²) in [6, 6.07) is 11.7. The van der Waals surface area contributed by atoms with Crippen molar-refractivity contribution in [2.24, 2.45) is 0 Å². The summed E-state index contributed by atoms with van der Waals surface area (Å²) in [6.45, 7) is 0.677. The van der Waals surface area contributed by atoms with Crippen molar-refractivity contribution in [3.8, 4) is 5.75 Å². The number of nitrogens with one attached hydrogen (secondary N) is 1. The molecule has 0 unspecified atom stereocenters. The number of rotatable bonds is 4. The maximum Gasteiger partial charge on any atom is 0.164 e. The molecule has 1 aromatic heterocycles. The molecule has 0 fully saturated rings. The minimum Gasteiger partial charge on any atom is -0.497 e. The van der Waals surface area contributed by atoms with Crippen molar-refractivity contribution in [2.45, 2.75) is 6.54 Å². The van der Waals surface area contributed by atoms with Gasteiger partial charge >= 0.3 is 0 Å². The highest BCUT2D eigenvalue weighted by atomic mass is 127. The maximum absolute atomic E-state index is 5.45. The van der Waals surface area contributed by atoms with Gasteiger partial charge in [-0.1, -0.05) is 6.07 Å². The molecule has 0 bridgehead atoms. The summed E-state index contributed by atoms with van der Waals surface area (Å²) in [7, 11) is 1.66. The number of benzene rings is 1. The normalized spacial score (nSPS) is 10.1. The number of furan rings is 1. The molecule has 0 aliphatic rings. The quantitative estimate of drug-likeness (QED) is 0.872. The molecule has 4 heteroatoms. The highest BCUT2D eigenvalue weighted by molar-refractivity contribution is 14.1. The molecular weight excluding hydrogens is 317 g/mol. The minimum atomic E-state index is 0.677. The first-order valence-corrected chi connectivity index (χ1v) is 5.98. The van der Waals surface area contributed by atoms with Gasteiger partial charge < -0.3 is 14.5 Å². The van der Waals surface area contributed by atoms with Gasteiger partial charge in [-0.25, -0.2) is 0 Å². The summed E-state index contributed by atoms with van der Waals surface area (Å²) in [5, 5.41) is 3.27. The summed E-state index contributed by atoms with van der Waals surface area (Å²) in [5.74, 6) is 1.77. The van der Waals surface area contributed by atoms with Crippen LogP contribution in [0.25, 0.3) is 0 Å². The molecule has 2 rings (SSSR count). The topological polar surface area (TPSA) is 34.4 Å². The number of methoxy groups -OCH3 is 1. The molecule has 84 valence electrons. The maximum atomic E-state index is 5.45. The monoisotopic (exact) mass is 329 g/mol. The van der Waals surface area contributed by atoms with Crippen LogP contribution in [0.1, 0.15) is 5.76 Å². The Morgan fingerprint density at radius 2 is 2.19 bits per heavy atom. The third kappa shape index (κ3) is 2.91. The molecule has 2 aromatic rings. The number of anilines is 1. The van der Waals surface area contributed by atoms with E-state index in [9.17, 15) is 0 Å². The molecule has 0 atom stereocenters. The fourth-order valence-electron chi connectivity index (χ4n) is 1.37. The van der Waals surface area contributed by atoms with Gasteiger partial charge in [-0.05, 0) is 46.9 Å². The Bertz CT molecular complexity index is 468. The molecule has 0 aliphatic carbocycles. The van der Waals surface area contributed by atoms with E-state index in [-0.39, 0.29) is 0 Å². The van der Waals surface area contributed by atoms with Crippen LogP contribution in [0.15, 0.2) is 40.8 Å². The second-order valence-electron chi connectivity index (χ2n) is 3.29. The molecule has 0 saturated carbocycles. The van der Waals surface area contributed by atoms with Crippen molar-refractivity contribution in [3.63, 3.8) is 0 Å². The lowest BCUT2D eigenvalue weighted by atomic mass is 10.3. The summed E-state index contributed by atoms with van der Waals surface area (Å²) < 4.78 is 11.5. The van der Waals surface area contributed by atoms with Crippen LogP contribution in [-0.2, 0) is 6.54 Å². The lowest BCUT2D eigenvalue weighted by molar-refractivity contribution is 0.415. The molecule has 16 heavy (non-hydrogen) atoms. The Hall–Kier alpha value is -1.17. The predicted octanol–water partition coefficient (Wildman–Crippen LogP) is 3.50. The zero-order valence-corrected chi connectivity index (χ0v) is 11.0. The summed E-state index contributed by atoms with van der Waals surface area (Å²) >= 11 is 2.15. The first kappa shape index (κ1) is 11.3. The molecule has 0 radical (unpaired) electrons. The van der Waals surface area contributed by atoms with E-state index in [2.05, 4.69) is 27.9 Å². The van der Waals surface area contributed by atoms with Gasteiger partial charge in [0.15, 0.2) is 3.77 Å². The first-order chi connectivity index (χ1) is 7.78. The lowest BCUT2D eigenvalue weighted by Crippen LogP contribution is -1.98. The largest absolute Gasteiger partial charge is 0.497 e. The summed E-state index contributed by atoms with van der Waals surface area (Å²) in [6.07, 6.45) is 0. The molecule has 0 saturated heterocycles. The third-order valence-electron chi connectivity index (χ3n) is 2.17. The molecule has 1 heterocycles. The van der Waals surface area contributed by atoms with E-state index in [1.807, 2.05) is 36.4 Å². The highest BCUT2D eigenvalue weighted by Crippen LogP contribution is 2.18. The third-order valence-corrected chi connectivity index (χ3v) is 2.75. The van der Waals surface area contributed by atoms with Gasteiger partial charge in [0.2, 0.25) is 0 Å². The average molecular weight is 329 g/mol. The number of halogens is 1. The van der Waals surface area contributed by atoms with Crippen LogP contribution in [0.3, 0.4) is 0 Å². The van der Waals surface area contributed by atoms with Crippen LogP contribution < -0.4 is 10.1 Å². The van der Waals surface area contributed by atoms with E-state index in [0.29, 0.717) is 6.54 Å². The average Bonchev–Trinajstić information content (AvgIpc) is 2.73. The van der Waals surface area contributed by atoms with Gasteiger partial charge in [-0.3, -0.25) is 0 Å². The van der Waals surface area contributed by atoms with Gasteiger partial charge in [0, 0.05) is 11.8 Å². The van der Waals surface area contributed by atoms with Crippen LogP contribution in [0.2, 0.25) is 0 Å². The van der Waals surface area contributed by atoms with Crippen LogP contribution in [0, 0.1) is 3.77 Å². The van der Waals surface area contributed by atoms with Crippen molar-refractivity contribution in [2.75, 3.05) is 12.4 Å². The van der Waals surface area contributed by atoms with Crippen molar-refractivity contribution < 1.29 is 9.15 Å². The Labute approximate surface area is 108 Å². The van der Waals surface area contributed by atoms with Crippen molar-refractivity contribution in [1.29, 1.82) is 0 Å². The molecular formula is C12H12INO2. The predicted molar refractivity (Wildman–Crippen MR) is 71.7 cm³/mol. The Morgan fingerprint density at radius 3 is 2.88 bits per heavy atom. The highest BCUT2D eigenvalue weighted by Gasteiger charge is 1.99. The van der Waals surface area contributed by atoms with Crippen molar-refractivity contribution >= 4 is 28.3 Å². The van der Waals surface area contributed by atoms with Crippen LogP contribution in [0.5, 0.6) is 5.75 Å². The lowest BCUT2D eigenvalue weighted by Gasteiger charge is -2.06. The number of hydrogen-bond donors (Lipinski definition) is 1. The van der Waals surface area contributed by atoms with Crippen LogP contribution in [0.4, 0.5) is 5.69 Å². The Kier molecular flexibility index (Phi) is 3.71. The zero-order chi connectivity index (χ0) is 11.4. The van der Waals surface area contributed by atoms with E-state index in [1.165, 1.54) is 0 Å². The molecule has 1 N–H and O–H groups in total. The Morgan fingerprint density at radius 1 is 1.31 bits per heavy atom. The molecule has 0 spiro atoms. The van der Waals surface area contributed by atoms with Crippen LogP contribution >= 0.6 is 22.6 Å². The van der Waals surface area contributed by atoms with Gasteiger partial charge in [-0.15, -0.1) is 0 Å². The first-order valence-electron chi connectivity index (χ1n) is 4.90. The number of ether oxygens (including phenoxy) is 1. The van der Waals surface area contributed by atoms with Gasteiger partial charge in [0.05, 0.1) is 13.7 Å². The van der Waals surface area contributed by atoms with Gasteiger partial charge in [0.25, 0.3) is 0 Å². The van der Waals surface area contributed by atoms with Crippen molar-refractivity contribution in [3.05, 3.63) is 45.9 Å². The van der Waals surface area contributed by atoms with Crippen molar-refractivity contribution in [1.82, 2.24) is 0 Å². The van der Waals surface area contributed by atoms with Gasteiger partial charge in [-0.2, -0.15) is 0 Å². The molecule has 0 aliphatic heterocycles. The summed E-state index contributed by atoms with van der Waals surface area (Å²) in [4.78, 5) is 0. The number of hydrogen-bond acceptors (Lipinski definition) is 3. The van der Waals surface area contributed by atoms with E-state index in [1.54, 1.807) is 7.11 Å². The standard InChI is InChI=1S/C12H12INO2/c1-15-10-4-2-3-9(7-10)14-8-11-5-6-12(13)16-11/h2-7,14H,8H2,1H3. The van der Waals surface area contributed by atoms with E-state index >= 15 is 0 Å². The second kappa shape index (κ2) is 5.25. The van der Waals surface area contributed by atoms with E-state index < -0.39 is 0 Å². The summed E-state index contributed by atoms with van der Waals surface area (Å²) in [5.41, 5.74) is 1.02. The molecule has 3 nitrogen and oxygen atoms in total. The fourth-order valence-corrected chi connectivity index (χ4v) is 1.83. The minimum absolute atomic E-state index is 0.677. The van der Waals surface area contributed by atoms with Gasteiger partial charge in [0.1, 0.15) is 11.5 Å². The molecule has 1 aromatic carbocycles. The van der Waals surface area contributed by atoms with E-state index in [4.69, 9.17) is 9.15 Å². The molecule has 0 amide bonds. The SMILES string of the molecule is COc1cccc(NCc2ccc(I)o2)c1. The zero-order valence-electron chi connectivity index (χ0n) is 8.87. The fraction of sp³-hybridized carbons (Fsp3) is 0.167. The van der Waals surface area contributed by atoms with E-state index in [0.717, 1.165) is 21.0 Å². The Balaban J connectivity index is 1.99.